The van der Waals surface area contributed by atoms with Crippen LogP contribution in [0, 0.1) is 0 Å². The standard InChI is InChI=1S/C17H19N3O5S2/c1-27(22,23)20-6-2-3-13(20)16(21)19-17-18-12(10-26-17)11-4-5-14-15(9-11)25-8-7-24-14/h4-5,9-10,13H,2-3,6-8H2,1H3,(H,18,19,21). The number of hydrogen-bond donors (Lipinski definition) is 1. The smallest absolute Gasteiger partial charge is 0.244 e. The Kier molecular flexibility index (Phi) is 4.79. The van der Waals surface area contributed by atoms with Crippen molar-refractivity contribution in [3.8, 4) is 22.8 Å². The molecule has 144 valence electrons. The fourth-order valence-electron chi connectivity index (χ4n) is 3.25. The Hall–Kier alpha value is -2.17. The summed E-state index contributed by atoms with van der Waals surface area (Å²) in [5.74, 6) is 1.03. The van der Waals surface area contributed by atoms with Crippen LogP contribution in [0.2, 0.25) is 0 Å². The number of nitrogens with zero attached hydrogens (tertiary/aromatic N) is 2. The first kappa shape index (κ1) is 18.2. The molecule has 2 aliphatic heterocycles. The lowest BCUT2D eigenvalue weighted by Crippen LogP contribution is -2.42. The van der Waals surface area contributed by atoms with Gasteiger partial charge >= 0.3 is 0 Å². The van der Waals surface area contributed by atoms with Gasteiger partial charge in [-0.25, -0.2) is 13.4 Å². The van der Waals surface area contributed by atoms with Crippen molar-refractivity contribution in [2.45, 2.75) is 18.9 Å². The van der Waals surface area contributed by atoms with Crippen molar-refractivity contribution < 1.29 is 22.7 Å². The number of sulfonamides is 1. The number of benzene rings is 1. The molecular weight excluding hydrogens is 390 g/mol. The van der Waals surface area contributed by atoms with E-state index in [2.05, 4.69) is 10.3 Å². The second-order valence-electron chi connectivity index (χ2n) is 6.42. The van der Waals surface area contributed by atoms with Crippen molar-refractivity contribution in [1.82, 2.24) is 9.29 Å². The summed E-state index contributed by atoms with van der Waals surface area (Å²) in [4.78, 5) is 17.0. The first-order chi connectivity index (χ1) is 12.9. The molecule has 2 aliphatic rings. The average Bonchev–Trinajstić information content (AvgIpc) is 3.30. The molecule has 1 unspecified atom stereocenters. The van der Waals surface area contributed by atoms with E-state index in [1.807, 2.05) is 23.6 Å². The summed E-state index contributed by atoms with van der Waals surface area (Å²) in [7, 11) is -3.41. The lowest BCUT2D eigenvalue weighted by Gasteiger charge is -2.20. The molecule has 1 amide bonds. The fraction of sp³-hybridized carbons (Fsp3) is 0.412. The molecule has 0 bridgehead atoms. The number of ether oxygens (including phenoxy) is 2. The fourth-order valence-corrected chi connectivity index (χ4v) is 5.10. The van der Waals surface area contributed by atoms with E-state index >= 15 is 0 Å². The normalized spacial score (nSPS) is 19.8. The van der Waals surface area contributed by atoms with E-state index in [9.17, 15) is 13.2 Å². The number of rotatable bonds is 4. The summed E-state index contributed by atoms with van der Waals surface area (Å²) in [5.41, 5.74) is 1.56. The molecule has 1 N–H and O–H groups in total. The van der Waals surface area contributed by atoms with Gasteiger partial charge in [-0.05, 0) is 31.0 Å². The van der Waals surface area contributed by atoms with Crippen molar-refractivity contribution in [2.75, 3.05) is 31.3 Å². The van der Waals surface area contributed by atoms with Crippen LogP contribution in [0.15, 0.2) is 23.6 Å². The highest BCUT2D eigenvalue weighted by Crippen LogP contribution is 2.35. The van der Waals surface area contributed by atoms with Crippen molar-refractivity contribution in [3.63, 3.8) is 0 Å². The first-order valence-corrected chi connectivity index (χ1v) is 11.3. The molecule has 27 heavy (non-hydrogen) atoms. The first-order valence-electron chi connectivity index (χ1n) is 8.55. The summed E-state index contributed by atoms with van der Waals surface area (Å²) >= 11 is 1.29. The van der Waals surface area contributed by atoms with Gasteiger partial charge in [0.05, 0.1) is 11.9 Å². The van der Waals surface area contributed by atoms with Gasteiger partial charge in [0.25, 0.3) is 0 Å². The van der Waals surface area contributed by atoms with Gasteiger partial charge in [0, 0.05) is 17.5 Å². The van der Waals surface area contributed by atoms with Gasteiger partial charge < -0.3 is 14.8 Å². The van der Waals surface area contributed by atoms with E-state index in [4.69, 9.17) is 9.47 Å². The minimum absolute atomic E-state index is 0.346. The highest BCUT2D eigenvalue weighted by Gasteiger charge is 2.36. The van der Waals surface area contributed by atoms with Crippen LogP contribution in [0.4, 0.5) is 5.13 Å². The molecule has 1 fully saturated rings. The highest BCUT2D eigenvalue weighted by atomic mass is 32.2. The van der Waals surface area contributed by atoms with E-state index in [0.717, 1.165) is 11.8 Å². The second-order valence-corrected chi connectivity index (χ2v) is 9.21. The zero-order chi connectivity index (χ0) is 19.0. The van der Waals surface area contributed by atoms with E-state index in [1.54, 1.807) is 0 Å². The van der Waals surface area contributed by atoms with Crippen molar-refractivity contribution in [1.29, 1.82) is 0 Å². The van der Waals surface area contributed by atoms with Crippen LogP contribution in [-0.2, 0) is 14.8 Å². The Morgan fingerprint density at radius 1 is 1.30 bits per heavy atom. The summed E-state index contributed by atoms with van der Waals surface area (Å²) in [6.07, 6.45) is 2.31. The number of aromatic nitrogens is 1. The molecule has 4 rings (SSSR count). The SMILES string of the molecule is CS(=O)(=O)N1CCCC1C(=O)Nc1nc(-c2ccc3c(c2)OCCO3)cs1. The summed E-state index contributed by atoms with van der Waals surface area (Å²) in [6, 6.07) is 4.90. The zero-order valence-electron chi connectivity index (χ0n) is 14.7. The molecule has 10 heteroatoms. The molecular formula is C17H19N3O5S2. The summed E-state index contributed by atoms with van der Waals surface area (Å²) < 4.78 is 36.0. The quantitative estimate of drug-likeness (QED) is 0.829. The molecule has 0 spiro atoms. The Labute approximate surface area is 161 Å². The van der Waals surface area contributed by atoms with Gasteiger partial charge in [-0.2, -0.15) is 4.31 Å². The Bertz CT molecular complexity index is 973. The minimum Gasteiger partial charge on any atom is -0.486 e. The molecule has 2 aromatic rings. The maximum atomic E-state index is 12.5. The number of amides is 1. The molecule has 1 aromatic carbocycles. The van der Waals surface area contributed by atoms with Crippen LogP contribution in [0.1, 0.15) is 12.8 Å². The number of carbonyl (C=O) groups excluding carboxylic acids is 1. The molecule has 1 aromatic heterocycles. The number of thiazole rings is 1. The van der Waals surface area contributed by atoms with E-state index < -0.39 is 16.1 Å². The number of anilines is 1. The lowest BCUT2D eigenvalue weighted by molar-refractivity contribution is -0.119. The molecule has 8 nitrogen and oxygen atoms in total. The van der Waals surface area contributed by atoms with Crippen LogP contribution in [0.5, 0.6) is 11.5 Å². The third kappa shape index (κ3) is 3.78. The molecule has 0 aliphatic carbocycles. The second kappa shape index (κ2) is 7.10. The molecule has 0 radical (unpaired) electrons. The third-order valence-electron chi connectivity index (χ3n) is 4.50. The summed E-state index contributed by atoms with van der Waals surface area (Å²) in [6.45, 7) is 1.41. The minimum atomic E-state index is -3.41. The van der Waals surface area contributed by atoms with Gasteiger partial charge in [0.15, 0.2) is 16.6 Å². The van der Waals surface area contributed by atoms with Gasteiger partial charge in [-0.15, -0.1) is 11.3 Å². The molecule has 1 saturated heterocycles. The van der Waals surface area contributed by atoms with Crippen LogP contribution in [-0.4, -0.2) is 55.7 Å². The average molecular weight is 409 g/mol. The van der Waals surface area contributed by atoms with Crippen LogP contribution >= 0.6 is 11.3 Å². The van der Waals surface area contributed by atoms with Gasteiger partial charge in [-0.3, -0.25) is 4.79 Å². The van der Waals surface area contributed by atoms with Gasteiger partial charge in [0.1, 0.15) is 19.3 Å². The van der Waals surface area contributed by atoms with Crippen molar-refractivity contribution in [3.05, 3.63) is 23.6 Å². The molecule has 3 heterocycles. The monoisotopic (exact) mass is 409 g/mol. The van der Waals surface area contributed by atoms with Crippen LogP contribution in [0.3, 0.4) is 0 Å². The van der Waals surface area contributed by atoms with Crippen LogP contribution in [0.25, 0.3) is 11.3 Å². The Morgan fingerprint density at radius 3 is 2.85 bits per heavy atom. The van der Waals surface area contributed by atoms with Crippen molar-refractivity contribution in [2.24, 2.45) is 0 Å². The van der Waals surface area contributed by atoms with Crippen molar-refractivity contribution >= 4 is 32.4 Å². The maximum absolute atomic E-state index is 12.5. The Morgan fingerprint density at radius 2 is 2.07 bits per heavy atom. The van der Waals surface area contributed by atoms with E-state index in [-0.39, 0.29) is 5.91 Å². The van der Waals surface area contributed by atoms with Gasteiger partial charge in [0.2, 0.25) is 15.9 Å². The number of carbonyl (C=O) groups is 1. The molecule has 1 atom stereocenters. The van der Waals surface area contributed by atoms with E-state index in [0.29, 0.717) is 54.9 Å². The maximum Gasteiger partial charge on any atom is 0.244 e. The lowest BCUT2D eigenvalue weighted by atomic mass is 10.1. The number of hydrogen-bond acceptors (Lipinski definition) is 7. The van der Waals surface area contributed by atoms with Crippen LogP contribution < -0.4 is 14.8 Å². The van der Waals surface area contributed by atoms with Gasteiger partial charge in [-0.1, -0.05) is 0 Å². The number of fused-ring (bicyclic) bond motifs is 1. The largest absolute Gasteiger partial charge is 0.486 e. The zero-order valence-corrected chi connectivity index (χ0v) is 16.3. The predicted molar refractivity (Wildman–Crippen MR) is 102 cm³/mol. The third-order valence-corrected chi connectivity index (χ3v) is 6.55. The number of nitrogens with one attached hydrogen (secondary N) is 1. The Balaban J connectivity index is 1.49. The van der Waals surface area contributed by atoms with E-state index in [1.165, 1.54) is 15.6 Å². The molecule has 0 saturated carbocycles. The predicted octanol–water partition coefficient (Wildman–Crippen LogP) is 1.94. The summed E-state index contributed by atoms with van der Waals surface area (Å²) in [5, 5.41) is 5.02. The highest BCUT2D eigenvalue weighted by molar-refractivity contribution is 7.88. The topological polar surface area (TPSA) is 97.8 Å².